The topological polar surface area (TPSA) is 47.6 Å². The van der Waals surface area contributed by atoms with Crippen LogP contribution in [0.5, 0.6) is 17.2 Å². The van der Waals surface area contributed by atoms with Crippen molar-refractivity contribution in [1.82, 2.24) is 5.32 Å². The molecule has 0 unspecified atom stereocenters. The van der Waals surface area contributed by atoms with Crippen LogP contribution in [0.1, 0.15) is 17.2 Å². The fourth-order valence-electron chi connectivity index (χ4n) is 3.00. The van der Waals surface area contributed by atoms with E-state index < -0.39 is 30.2 Å². The lowest BCUT2D eigenvalue weighted by Gasteiger charge is -2.28. The van der Waals surface area contributed by atoms with Gasteiger partial charge in [0.25, 0.3) is 5.91 Å². The number of halogens is 2. The summed E-state index contributed by atoms with van der Waals surface area (Å²) in [7, 11) is 0. The van der Waals surface area contributed by atoms with E-state index in [4.69, 9.17) is 9.47 Å². The molecule has 0 aliphatic carbocycles. The Kier molecular flexibility index (Phi) is 4.46. The Morgan fingerprint density at radius 2 is 1.59 bits per heavy atom. The van der Waals surface area contributed by atoms with Crippen molar-refractivity contribution < 1.29 is 23.0 Å². The zero-order chi connectivity index (χ0) is 18.8. The summed E-state index contributed by atoms with van der Waals surface area (Å²) in [6.07, 6.45) is 0. The Labute approximate surface area is 154 Å². The number of ether oxygens (including phenoxy) is 2. The van der Waals surface area contributed by atoms with Gasteiger partial charge in [0.2, 0.25) is 0 Å². The van der Waals surface area contributed by atoms with Gasteiger partial charge in [-0.25, -0.2) is 8.78 Å². The van der Waals surface area contributed by atoms with Gasteiger partial charge in [-0.05, 0) is 24.3 Å². The molecule has 27 heavy (non-hydrogen) atoms. The van der Waals surface area contributed by atoms with Gasteiger partial charge >= 0.3 is 0 Å². The molecule has 6 heteroatoms. The number of para-hydroxylation sites is 2. The van der Waals surface area contributed by atoms with Gasteiger partial charge in [-0.15, -0.1) is 0 Å². The summed E-state index contributed by atoms with van der Waals surface area (Å²) in [6.45, 7) is -0.399. The molecule has 0 aromatic heterocycles. The maximum absolute atomic E-state index is 13.6. The van der Waals surface area contributed by atoms with Crippen molar-refractivity contribution >= 4 is 5.91 Å². The van der Waals surface area contributed by atoms with E-state index in [0.29, 0.717) is 17.6 Å². The predicted octanol–water partition coefficient (Wildman–Crippen LogP) is 4.36. The molecule has 0 radical (unpaired) electrons. The van der Waals surface area contributed by atoms with Crippen molar-refractivity contribution in [1.29, 1.82) is 0 Å². The fraction of sp³-hybridized carbons (Fsp3) is 0.0952. The third kappa shape index (κ3) is 3.46. The molecule has 1 amide bonds. The van der Waals surface area contributed by atoms with Gasteiger partial charge in [-0.1, -0.05) is 36.4 Å². The molecule has 0 atom stereocenters. The van der Waals surface area contributed by atoms with Crippen LogP contribution in [0.15, 0.2) is 66.7 Å². The molecule has 3 aromatic carbocycles. The van der Waals surface area contributed by atoms with Crippen LogP contribution in [0.2, 0.25) is 0 Å². The van der Waals surface area contributed by atoms with Gasteiger partial charge in [-0.3, -0.25) is 4.79 Å². The number of amides is 1. The average Bonchev–Trinajstić information content (AvgIpc) is 2.67. The van der Waals surface area contributed by atoms with E-state index in [9.17, 15) is 13.6 Å². The number of hydrogen-bond donors (Lipinski definition) is 1. The minimum atomic E-state index is -0.857. The summed E-state index contributed by atoms with van der Waals surface area (Å²) in [4.78, 5) is 12.4. The van der Waals surface area contributed by atoms with Crippen molar-refractivity contribution in [2.75, 3.05) is 6.61 Å². The van der Waals surface area contributed by atoms with E-state index in [1.54, 1.807) is 0 Å². The number of carbonyl (C=O) groups is 1. The molecular weight excluding hydrogens is 352 g/mol. The van der Waals surface area contributed by atoms with Crippen LogP contribution >= 0.6 is 0 Å². The van der Waals surface area contributed by atoms with Gasteiger partial charge in [0.1, 0.15) is 17.3 Å². The highest BCUT2D eigenvalue weighted by Gasteiger charge is 2.28. The summed E-state index contributed by atoms with van der Waals surface area (Å²) in [5.41, 5.74) is 1.63. The lowest BCUT2D eigenvalue weighted by molar-refractivity contribution is -0.123. The Morgan fingerprint density at radius 1 is 0.963 bits per heavy atom. The molecule has 4 nitrogen and oxygen atoms in total. The average molecular weight is 367 g/mol. The summed E-state index contributed by atoms with van der Waals surface area (Å²) in [5, 5.41) is 2.89. The lowest BCUT2D eigenvalue weighted by atomic mass is 9.94. The second-order valence-electron chi connectivity index (χ2n) is 6.04. The van der Waals surface area contributed by atoms with Crippen molar-refractivity contribution in [3.63, 3.8) is 0 Å². The molecule has 0 spiro atoms. The highest BCUT2D eigenvalue weighted by atomic mass is 19.1. The zero-order valence-corrected chi connectivity index (χ0v) is 14.1. The number of fused-ring (bicyclic) bond motifs is 2. The minimum absolute atomic E-state index is 0.181. The predicted molar refractivity (Wildman–Crippen MR) is 94.8 cm³/mol. The maximum Gasteiger partial charge on any atom is 0.258 e. The summed E-state index contributed by atoms with van der Waals surface area (Å²) in [5.74, 6) is -0.863. The van der Waals surface area contributed by atoms with Crippen LogP contribution in [0, 0.1) is 11.6 Å². The molecule has 0 saturated heterocycles. The second-order valence-corrected chi connectivity index (χ2v) is 6.04. The standard InChI is InChI=1S/C21H15F2NO3/c22-13-9-10-19(16(23)11-13)26-12-20(25)24-21-14-5-1-3-7-17(14)27-18-8-4-2-6-15(18)21/h1-11,21H,12H2,(H,24,25). The number of nitrogens with one attached hydrogen (secondary N) is 1. The van der Waals surface area contributed by atoms with Crippen LogP contribution in [0.25, 0.3) is 0 Å². The SMILES string of the molecule is O=C(COc1ccc(F)cc1F)NC1c2ccccc2Oc2ccccc21. The first-order valence-corrected chi connectivity index (χ1v) is 8.35. The van der Waals surface area contributed by atoms with Crippen LogP contribution in [0.3, 0.4) is 0 Å². The van der Waals surface area contributed by atoms with E-state index in [1.807, 2.05) is 48.5 Å². The monoisotopic (exact) mass is 367 g/mol. The van der Waals surface area contributed by atoms with Crippen molar-refractivity contribution in [2.24, 2.45) is 0 Å². The first-order chi connectivity index (χ1) is 13.1. The highest BCUT2D eigenvalue weighted by molar-refractivity contribution is 5.79. The Morgan fingerprint density at radius 3 is 2.22 bits per heavy atom. The van der Waals surface area contributed by atoms with E-state index in [1.165, 1.54) is 0 Å². The van der Waals surface area contributed by atoms with E-state index in [-0.39, 0.29) is 5.75 Å². The molecule has 0 saturated carbocycles. The van der Waals surface area contributed by atoms with E-state index in [2.05, 4.69) is 5.32 Å². The first kappa shape index (κ1) is 17.0. The normalized spacial score (nSPS) is 12.5. The largest absolute Gasteiger partial charge is 0.481 e. The molecule has 1 N–H and O–H groups in total. The molecule has 0 fully saturated rings. The molecule has 136 valence electrons. The lowest BCUT2D eigenvalue weighted by Crippen LogP contribution is -2.34. The number of rotatable bonds is 4. The number of benzene rings is 3. The summed E-state index contributed by atoms with van der Waals surface area (Å²) in [6, 6.07) is 17.3. The highest BCUT2D eigenvalue weighted by Crippen LogP contribution is 2.42. The third-order valence-corrected chi connectivity index (χ3v) is 4.24. The zero-order valence-electron chi connectivity index (χ0n) is 14.1. The van der Waals surface area contributed by atoms with E-state index >= 15 is 0 Å². The van der Waals surface area contributed by atoms with Gasteiger partial charge in [0.05, 0.1) is 6.04 Å². The van der Waals surface area contributed by atoms with Gasteiger partial charge in [0.15, 0.2) is 18.2 Å². The molecule has 1 aliphatic rings. The van der Waals surface area contributed by atoms with Crippen LogP contribution in [-0.2, 0) is 4.79 Å². The number of carbonyl (C=O) groups excluding carboxylic acids is 1. The molecular formula is C21H15F2NO3. The van der Waals surface area contributed by atoms with Crippen molar-refractivity contribution in [2.45, 2.75) is 6.04 Å². The quantitative estimate of drug-likeness (QED) is 0.746. The number of hydrogen-bond acceptors (Lipinski definition) is 3. The van der Waals surface area contributed by atoms with Crippen molar-refractivity contribution in [3.05, 3.63) is 89.5 Å². The Balaban J connectivity index is 1.53. The van der Waals surface area contributed by atoms with Crippen LogP contribution in [0.4, 0.5) is 8.78 Å². The molecule has 1 heterocycles. The molecule has 3 aromatic rings. The van der Waals surface area contributed by atoms with Gasteiger partial charge < -0.3 is 14.8 Å². The van der Waals surface area contributed by atoms with Crippen LogP contribution < -0.4 is 14.8 Å². The molecule has 0 bridgehead atoms. The molecule has 4 rings (SSSR count). The minimum Gasteiger partial charge on any atom is -0.481 e. The second kappa shape index (κ2) is 7.07. The third-order valence-electron chi connectivity index (χ3n) is 4.24. The van der Waals surface area contributed by atoms with Crippen LogP contribution in [-0.4, -0.2) is 12.5 Å². The van der Waals surface area contributed by atoms with Gasteiger partial charge in [0, 0.05) is 17.2 Å². The fourth-order valence-corrected chi connectivity index (χ4v) is 3.00. The summed E-state index contributed by atoms with van der Waals surface area (Å²) < 4.78 is 37.7. The first-order valence-electron chi connectivity index (χ1n) is 8.35. The van der Waals surface area contributed by atoms with E-state index in [0.717, 1.165) is 23.3 Å². The Bertz CT molecular complexity index is 961. The van der Waals surface area contributed by atoms with Crippen molar-refractivity contribution in [3.8, 4) is 17.2 Å². The maximum atomic E-state index is 13.6. The Hall–Kier alpha value is -3.41. The smallest absolute Gasteiger partial charge is 0.258 e. The molecule has 1 aliphatic heterocycles. The summed E-state index contributed by atoms with van der Waals surface area (Å²) >= 11 is 0. The van der Waals surface area contributed by atoms with Gasteiger partial charge in [-0.2, -0.15) is 0 Å².